The first-order chi connectivity index (χ1) is 10.9. The molecule has 0 spiro atoms. The molecule has 4 nitrogen and oxygen atoms in total. The van der Waals surface area contributed by atoms with Gasteiger partial charge in [-0.15, -0.1) is 10.2 Å². The maximum atomic E-state index is 4.46. The Labute approximate surface area is 135 Å². The van der Waals surface area contributed by atoms with E-state index in [2.05, 4.69) is 61.8 Å². The third kappa shape index (κ3) is 2.92. The highest BCUT2D eigenvalue weighted by Gasteiger charge is 2.26. The van der Waals surface area contributed by atoms with E-state index >= 15 is 0 Å². The van der Waals surface area contributed by atoms with Crippen molar-refractivity contribution in [1.29, 1.82) is 0 Å². The van der Waals surface area contributed by atoms with Crippen LogP contribution in [0.3, 0.4) is 0 Å². The zero-order valence-electron chi connectivity index (χ0n) is 12.8. The van der Waals surface area contributed by atoms with Crippen molar-refractivity contribution in [2.45, 2.75) is 31.8 Å². The lowest BCUT2D eigenvalue weighted by molar-refractivity contribution is 0.216. The predicted octanol–water partition coefficient (Wildman–Crippen LogP) is 2.23. The van der Waals surface area contributed by atoms with E-state index < -0.39 is 0 Å². The minimum absolute atomic E-state index is 0.778. The first-order valence-corrected chi connectivity index (χ1v) is 9.32. The van der Waals surface area contributed by atoms with Crippen molar-refractivity contribution in [3.8, 4) is 0 Å². The van der Waals surface area contributed by atoms with Gasteiger partial charge in [0.25, 0.3) is 0 Å². The Bertz CT molecular complexity index is 619. The summed E-state index contributed by atoms with van der Waals surface area (Å²) in [6, 6.07) is 11.4. The highest BCUT2D eigenvalue weighted by molar-refractivity contribution is 7.99. The zero-order chi connectivity index (χ0) is 14.8. The zero-order valence-corrected chi connectivity index (χ0v) is 13.6. The Morgan fingerprint density at radius 3 is 2.82 bits per heavy atom. The number of hydrogen-bond donors (Lipinski definition) is 0. The second-order valence-electron chi connectivity index (χ2n) is 6.15. The van der Waals surface area contributed by atoms with E-state index in [1.807, 2.05) is 0 Å². The Hall–Kier alpha value is -1.33. The molecule has 0 bridgehead atoms. The lowest BCUT2D eigenvalue weighted by Crippen LogP contribution is -2.37. The highest BCUT2D eigenvalue weighted by Crippen LogP contribution is 2.24. The van der Waals surface area contributed by atoms with E-state index in [1.54, 1.807) is 0 Å². The number of thioether (sulfide) groups is 1. The minimum atomic E-state index is 0.778. The van der Waals surface area contributed by atoms with Crippen LogP contribution in [0.1, 0.15) is 23.6 Å². The average molecular weight is 314 g/mol. The lowest BCUT2D eigenvalue weighted by Gasteiger charge is -2.26. The van der Waals surface area contributed by atoms with Crippen LogP contribution in [0.5, 0.6) is 0 Å². The summed E-state index contributed by atoms with van der Waals surface area (Å²) in [5.74, 6) is 4.91. The monoisotopic (exact) mass is 314 g/mol. The molecule has 116 valence electrons. The molecule has 1 aromatic carbocycles. The molecule has 1 atom stereocenters. The molecule has 2 aromatic rings. The second-order valence-corrected chi connectivity index (χ2v) is 7.30. The summed E-state index contributed by atoms with van der Waals surface area (Å²) in [5.41, 5.74) is 1.31. The van der Waals surface area contributed by atoms with Crippen LogP contribution in [-0.2, 0) is 19.4 Å². The van der Waals surface area contributed by atoms with E-state index in [4.69, 9.17) is 0 Å². The van der Waals surface area contributed by atoms with Crippen LogP contribution in [0.25, 0.3) is 0 Å². The normalized spacial score (nSPS) is 22.5. The number of aromatic nitrogens is 3. The Morgan fingerprint density at radius 1 is 1.09 bits per heavy atom. The van der Waals surface area contributed by atoms with E-state index in [-0.39, 0.29) is 0 Å². The third-order valence-electron chi connectivity index (χ3n) is 4.76. The Morgan fingerprint density at radius 2 is 2.00 bits per heavy atom. The molecule has 2 aliphatic heterocycles. The lowest BCUT2D eigenvalue weighted by atomic mass is 10.1. The SMILES string of the molecule is c1ccc(Cc2nnc3n2CCN(C2CCSC2)CC3)cc1. The molecular weight excluding hydrogens is 292 g/mol. The van der Waals surface area contributed by atoms with Crippen LogP contribution in [0, 0.1) is 0 Å². The van der Waals surface area contributed by atoms with Gasteiger partial charge < -0.3 is 4.57 Å². The van der Waals surface area contributed by atoms with E-state index in [0.29, 0.717) is 0 Å². The molecule has 2 aliphatic rings. The molecule has 1 fully saturated rings. The quantitative estimate of drug-likeness (QED) is 0.870. The summed E-state index contributed by atoms with van der Waals surface area (Å²) in [7, 11) is 0. The van der Waals surface area contributed by atoms with Crippen molar-refractivity contribution in [3.05, 3.63) is 47.5 Å². The summed E-state index contributed by atoms with van der Waals surface area (Å²) >= 11 is 2.10. The summed E-state index contributed by atoms with van der Waals surface area (Å²) in [5, 5.41) is 8.90. The van der Waals surface area contributed by atoms with E-state index in [1.165, 1.54) is 29.3 Å². The fourth-order valence-corrected chi connectivity index (χ4v) is 4.74. The second kappa shape index (κ2) is 6.42. The highest BCUT2D eigenvalue weighted by atomic mass is 32.2. The van der Waals surface area contributed by atoms with Crippen molar-refractivity contribution in [1.82, 2.24) is 19.7 Å². The molecular formula is C17H22N4S. The van der Waals surface area contributed by atoms with Crippen LogP contribution in [0.2, 0.25) is 0 Å². The predicted molar refractivity (Wildman–Crippen MR) is 90.3 cm³/mol. The third-order valence-corrected chi connectivity index (χ3v) is 5.91. The molecule has 1 unspecified atom stereocenters. The molecule has 0 amide bonds. The van der Waals surface area contributed by atoms with Gasteiger partial charge in [0.05, 0.1) is 0 Å². The number of benzene rings is 1. The number of nitrogens with zero attached hydrogens (tertiary/aromatic N) is 4. The first-order valence-electron chi connectivity index (χ1n) is 8.17. The van der Waals surface area contributed by atoms with Crippen LogP contribution < -0.4 is 0 Å². The first kappa shape index (κ1) is 14.3. The van der Waals surface area contributed by atoms with Crippen molar-refractivity contribution in [3.63, 3.8) is 0 Å². The van der Waals surface area contributed by atoms with Gasteiger partial charge in [0.2, 0.25) is 0 Å². The number of rotatable bonds is 3. The van der Waals surface area contributed by atoms with Crippen LogP contribution in [0.15, 0.2) is 30.3 Å². The fourth-order valence-electron chi connectivity index (χ4n) is 3.48. The van der Waals surface area contributed by atoms with Gasteiger partial charge in [-0.05, 0) is 17.7 Å². The molecule has 0 saturated carbocycles. The van der Waals surface area contributed by atoms with Crippen LogP contribution >= 0.6 is 11.8 Å². The van der Waals surface area contributed by atoms with Gasteiger partial charge in [0.15, 0.2) is 0 Å². The van der Waals surface area contributed by atoms with Crippen molar-refractivity contribution in [2.24, 2.45) is 0 Å². The minimum Gasteiger partial charge on any atom is -0.313 e. The largest absolute Gasteiger partial charge is 0.313 e. The fraction of sp³-hybridized carbons (Fsp3) is 0.529. The van der Waals surface area contributed by atoms with Gasteiger partial charge in [0.1, 0.15) is 11.6 Å². The molecule has 22 heavy (non-hydrogen) atoms. The Kier molecular flexibility index (Phi) is 4.17. The summed E-state index contributed by atoms with van der Waals surface area (Å²) in [6.07, 6.45) is 3.26. The average Bonchev–Trinajstić information content (AvgIpc) is 3.16. The maximum Gasteiger partial charge on any atom is 0.137 e. The standard InChI is InChI=1S/C17H22N4S/c1-2-4-14(5-3-1)12-17-19-18-16-6-8-20(9-10-21(16)17)15-7-11-22-13-15/h1-5,15H,6-13H2. The molecule has 0 radical (unpaired) electrons. The number of fused-ring (bicyclic) bond motifs is 1. The molecule has 5 heteroatoms. The molecule has 3 heterocycles. The van der Waals surface area contributed by atoms with E-state index in [9.17, 15) is 0 Å². The van der Waals surface area contributed by atoms with Crippen LogP contribution in [0.4, 0.5) is 0 Å². The molecule has 1 aromatic heterocycles. The molecule has 4 rings (SSSR count). The van der Waals surface area contributed by atoms with Gasteiger partial charge in [0, 0.05) is 44.3 Å². The van der Waals surface area contributed by atoms with Gasteiger partial charge in [-0.1, -0.05) is 30.3 Å². The Balaban J connectivity index is 1.49. The molecule has 0 N–H and O–H groups in total. The van der Waals surface area contributed by atoms with Gasteiger partial charge in [-0.25, -0.2) is 0 Å². The summed E-state index contributed by atoms with van der Waals surface area (Å²) in [4.78, 5) is 2.67. The summed E-state index contributed by atoms with van der Waals surface area (Å²) in [6.45, 7) is 3.30. The summed E-state index contributed by atoms with van der Waals surface area (Å²) < 4.78 is 2.36. The molecule has 1 saturated heterocycles. The van der Waals surface area contributed by atoms with Gasteiger partial charge >= 0.3 is 0 Å². The number of hydrogen-bond acceptors (Lipinski definition) is 4. The van der Waals surface area contributed by atoms with Gasteiger partial charge in [-0.3, -0.25) is 4.90 Å². The molecule has 0 aliphatic carbocycles. The maximum absolute atomic E-state index is 4.46. The van der Waals surface area contributed by atoms with Crippen molar-refractivity contribution >= 4 is 11.8 Å². The van der Waals surface area contributed by atoms with Crippen molar-refractivity contribution in [2.75, 3.05) is 24.6 Å². The van der Waals surface area contributed by atoms with Gasteiger partial charge in [-0.2, -0.15) is 11.8 Å². The van der Waals surface area contributed by atoms with Crippen molar-refractivity contribution < 1.29 is 0 Å². The van der Waals surface area contributed by atoms with E-state index in [0.717, 1.165) is 44.3 Å². The smallest absolute Gasteiger partial charge is 0.137 e. The van der Waals surface area contributed by atoms with Crippen LogP contribution in [-0.4, -0.2) is 50.3 Å². The topological polar surface area (TPSA) is 34.0 Å².